The Balaban J connectivity index is 2.66. The number of ether oxygens (including phenoxy) is 1. The summed E-state index contributed by atoms with van der Waals surface area (Å²) in [5.41, 5.74) is 6.09. The lowest BCUT2D eigenvalue weighted by molar-refractivity contribution is -0.120. The Morgan fingerprint density at radius 1 is 1.35 bits per heavy atom. The topological polar surface area (TPSA) is 64.3 Å². The fraction of sp³-hybridized carbons (Fsp3) is 0.462. The van der Waals surface area contributed by atoms with E-state index in [9.17, 15) is 4.79 Å². The lowest BCUT2D eigenvalue weighted by Crippen LogP contribution is -2.26. The number of carbonyl (C=O) groups is 1. The summed E-state index contributed by atoms with van der Waals surface area (Å²) in [6.45, 7) is 6.25. The van der Waals surface area contributed by atoms with Crippen molar-refractivity contribution >= 4 is 11.6 Å². The molecule has 1 aromatic rings. The zero-order valence-corrected chi connectivity index (χ0v) is 10.6. The van der Waals surface area contributed by atoms with Gasteiger partial charge in [0.1, 0.15) is 5.75 Å². The minimum atomic E-state index is -0.306. The number of primary amides is 1. The Kier molecular flexibility index (Phi) is 4.82. The van der Waals surface area contributed by atoms with Gasteiger partial charge in [0.25, 0.3) is 0 Å². The first-order valence-corrected chi connectivity index (χ1v) is 5.79. The molecule has 0 fully saturated rings. The molecule has 0 aromatic heterocycles. The molecule has 0 heterocycles. The molecule has 4 heteroatoms. The molecule has 1 unspecified atom stereocenters. The molecule has 0 radical (unpaired) electrons. The van der Waals surface area contributed by atoms with Crippen LogP contribution in [0.2, 0.25) is 0 Å². The fourth-order valence-corrected chi connectivity index (χ4v) is 1.33. The van der Waals surface area contributed by atoms with E-state index in [0.717, 1.165) is 11.4 Å². The number of carbonyl (C=O) groups excluding carboxylic acids is 1. The number of para-hydroxylation sites is 2. The van der Waals surface area contributed by atoms with Crippen molar-refractivity contribution in [2.45, 2.75) is 26.9 Å². The number of hydrogen-bond acceptors (Lipinski definition) is 3. The van der Waals surface area contributed by atoms with Crippen LogP contribution in [0.3, 0.4) is 0 Å². The number of nitrogens with one attached hydrogen (secondary N) is 1. The van der Waals surface area contributed by atoms with E-state index >= 15 is 0 Å². The molecule has 0 aliphatic carbocycles. The molecule has 4 nitrogen and oxygen atoms in total. The van der Waals surface area contributed by atoms with Crippen LogP contribution in [0, 0.1) is 5.92 Å². The van der Waals surface area contributed by atoms with Crippen molar-refractivity contribution < 1.29 is 9.53 Å². The Hall–Kier alpha value is -1.71. The third-order valence-electron chi connectivity index (χ3n) is 2.33. The van der Waals surface area contributed by atoms with Crippen molar-refractivity contribution in [1.29, 1.82) is 0 Å². The third kappa shape index (κ3) is 4.34. The Bertz CT molecular complexity index is 377. The second-order valence-corrected chi connectivity index (χ2v) is 4.35. The number of rotatable bonds is 6. The van der Waals surface area contributed by atoms with Gasteiger partial charge in [-0.15, -0.1) is 0 Å². The molecule has 0 saturated carbocycles. The van der Waals surface area contributed by atoms with Gasteiger partial charge in [-0.05, 0) is 26.0 Å². The maximum atomic E-state index is 10.9. The first-order chi connectivity index (χ1) is 8.00. The van der Waals surface area contributed by atoms with E-state index in [2.05, 4.69) is 5.32 Å². The van der Waals surface area contributed by atoms with E-state index in [1.807, 2.05) is 38.1 Å². The van der Waals surface area contributed by atoms with E-state index in [-0.39, 0.29) is 17.9 Å². The highest BCUT2D eigenvalue weighted by molar-refractivity contribution is 5.77. The molecule has 3 N–H and O–H groups in total. The second kappa shape index (κ2) is 6.13. The van der Waals surface area contributed by atoms with Crippen LogP contribution in [-0.2, 0) is 4.79 Å². The smallest absolute Gasteiger partial charge is 0.222 e. The van der Waals surface area contributed by atoms with Gasteiger partial charge >= 0.3 is 0 Å². The molecule has 94 valence electrons. The van der Waals surface area contributed by atoms with Gasteiger partial charge < -0.3 is 15.8 Å². The Labute approximate surface area is 102 Å². The fourth-order valence-electron chi connectivity index (χ4n) is 1.33. The number of amides is 1. The predicted molar refractivity (Wildman–Crippen MR) is 69.1 cm³/mol. The largest absolute Gasteiger partial charge is 0.489 e. The summed E-state index contributed by atoms with van der Waals surface area (Å²) < 4.78 is 5.66. The van der Waals surface area contributed by atoms with Crippen LogP contribution in [0.25, 0.3) is 0 Å². The van der Waals surface area contributed by atoms with Crippen LogP contribution < -0.4 is 15.8 Å². The zero-order chi connectivity index (χ0) is 12.8. The van der Waals surface area contributed by atoms with Crippen molar-refractivity contribution in [2.75, 3.05) is 11.9 Å². The van der Waals surface area contributed by atoms with Gasteiger partial charge in [0, 0.05) is 6.54 Å². The standard InChI is InChI=1S/C13H20N2O2/c1-9(2)17-12-7-5-4-6-11(12)15-8-10(3)13(14)16/h4-7,9-10,15H,8H2,1-3H3,(H2,14,16). The molecule has 0 aliphatic heterocycles. The van der Waals surface area contributed by atoms with E-state index < -0.39 is 0 Å². The highest BCUT2D eigenvalue weighted by Crippen LogP contribution is 2.24. The minimum Gasteiger partial charge on any atom is -0.489 e. The van der Waals surface area contributed by atoms with Gasteiger partial charge in [-0.1, -0.05) is 19.1 Å². The molecule has 0 aliphatic rings. The molecule has 1 aromatic carbocycles. The lowest BCUT2D eigenvalue weighted by atomic mass is 10.1. The van der Waals surface area contributed by atoms with E-state index in [1.165, 1.54) is 0 Å². The highest BCUT2D eigenvalue weighted by Gasteiger charge is 2.10. The number of anilines is 1. The lowest BCUT2D eigenvalue weighted by Gasteiger charge is -2.16. The van der Waals surface area contributed by atoms with Crippen molar-refractivity contribution in [3.05, 3.63) is 24.3 Å². The van der Waals surface area contributed by atoms with Gasteiger partial charge in [-0.3, -0.25) is 4.79 Å². The molecular formula is C13H20N2O2. The quantitative estimate of drug-likeness (QED) is 0.794. The third-order valence-corrected chi connectivity index (χ3v) is 2.33. The van der Waals surface area contributed by atoms with Gasteiger partial charge in [0.2, 0.25) is 5.91 Å². The molecular weight excluding hydrogens is 216 g/mol. The summed E-state index contributed by atoms with van der Waals surface area (Å²) in [6.07, 6.45) is 0.117. The second-order valence-electron chi connectivity index (χ2n) is 4.35. The first kappa shape index (κ1) is 13.4. The molecule has 0 spiro atoms. The number of nitrogens with two attached hydrogens (primary N) is 1. The van der Waals surface area contributed by atoms with Gasteiger partial charge in [0.05, 0.1) is 17.7 Å². The molecule has 0 bridgehead atoms. The SMILES string of the molecule is CC(C)Oc1ccccc1NCC(C)C(N)=O. The van der Waals surface area contributed by atoms with Crippen LogP contribution >= 0.6 is 0 Å². The summed E-state index contributed by atoms with van der Waals surface area (Å²) in [5, 5.41) is 3.17. The van der Waals surface area contributed by atoms with Crippen molar-refractivity contribution in [2.24, 2.45) is 11.7 Å². The normalized spacial score (nSPS) is 12.2. The molecule has 17 heavy (non-hydrogen) atoms. The van der Waals surface area contributed by atoms with Crippen LogP contribution in [-0.4, -0.2) is 18.6 Å². The van der Waals surface area contributed by atoms with Gasteiger partial charge in [-0.2, -0.15) is 0 Å². The summed E-state index contributed by atoms with van der Waals surface area (Å²) in [5.74, 6) is 0.279. The van der Waals surface area contributed by atoms with Crippen LogP contribution in [0.15, 0.2) is 24.3 Å². The minimum absolute atomic E-state index is 0.117. The summed E-state index contributed by atoms with van der Waals surface area (Å²) in [4.78, 5) is 10.9. The van der Waals surface area contributed by atoms with Crippen molar-refractivity contribution in [1.82, 2.24) is 0 Å². The van der Waals surface area contributed by atoms with E-state index in [0.29, 0.717) is 6.54 Å². The summed E-state index contributed by atoms with van der Waals surface area (Å²) in [6, 6.07) is 7.66. The van der Waals surface area contributed by atoms with Gasteiger partial charge in [0.15, 0.2) is 0 Å². The molecule has 0 saturated heterocycles. The predicted octanol–water partition coefficient (Wildman–Crippen LogP) is 2.01. The highest BCUT2D eigenvalue weighted by atomic mass is 16.5. The Morgan fingerprint density at radius 3 is 2.59 bits per heavy atom. The van der Waals surface area contributed by atoms with Gasteiger partial charge in [-0.25, -0.2) is 0 Å². The van der Waals surface area contributed by atoms with Crippen molar-refractivity contribution in [3.63, 3.8) is 0 Å². The molecule has 1 rings (SSSR count). The van der Waals surface area contributed by atoms with E-state index in [4.69, 9.17) is 10.5 Å². The van der Waals surface area contributed by atoms with Crippen LogP contribution in [0.4, 0.5) is 5.69 Å². The monoisotopic (exact) mass is 236 g/mol. The first-order valence-electron chi connectivity index (χ1n) is 5.79. The zero-order valence-electron chi connectivity index (χ0n) is 10.6. The maximum Gasteiger partial charge on any atom is 0.222 e. The number of hydrogen-bond donors (Lipinski definition) is 2. The van der Waals surface area contributed by atoms with E-state index in [1.54, 1.807) is 6.92 Å². The average molecular weight is 236 g/mol. The molecule has 1 atom stereocenters. The molecule has 1 amide bonds. The Morgan fingerprint density at radius 2 is 2.00 bits per heavy atom. The van der Waals surface area contributed by atoms with Crippen molar-refractivity contribution in [3.8, 4) is 5.75 Å². The average Bonchev–Trinajstić information content (AvgIpc) is 2.26. The number of benzene rings is 1. The summed E-state index contributed by atoms with van der Waals surface area (Å²) in [7, 11) is 0. The summed E-state index contributed by atoms with van der Waals surface area (Å²) >= 11 is 0. The van der Waals surface area contributed by atoms with Crippen LogP contribution in [0.1, 0.15) is 20.8 Å². The van der Waals surface area contributed by atoms with Crippen LogP contribution in [0.5, 0.6) is 5.75 Å². The maximum absolute atomic E-state index is 10.9.